The number of halogens is 2. The molecule has 0 atom stereocenters. The summed E-state index contributed by atoms with van der Waals surface area (Å²) in [7, 11) is -3.51. The summed E-state index contributed by atoms with van der Waals surface area (Å²) in [4.78, 5) is 12.4. The number of anilines is 1. The average molecular weight is 505 g/mol. The fourth-order valence-electron chi connectivity index (χ4n) is 3.80. The molecule has 4 rings (SSSR count). The molecule has 0 unspecified atom stereocenters. The SMILES string of the molecule is O=C(NCc1cccc(Cl)c1Cl)Nc1ccc(S(=O)(=O)Cc2ccc3c(c2)C[NH2+]CC3)cc1. The van der Waals surface area contributed by atoms with Crippen molar-refractivity contribution in [3.63, 3.8) is 0 Å². The lowest BCUT2D eigenvalue weighted by Crippen LogP contribution is -2.84. The standard InChI is InChI=1S/C24H23Cl2N3O3S/c25-22-3-1-2-18(23(22)26)14-28-24(30)29-20-6-8-21(9-7-20)33(31,32)15-16-4-5-17-10-11-27-13-19(17)12-16/h1-9,12,27H,10-11,13-15H2,(H2,28,29,30)/p+1. The summed E-state index contributed by atoms with van der Waals surface area (Å²) in [6.07, 6.45) is 1.01. The zero-order valence-corrected chi connectivity index (χ0v) is 20.1. The highest BCUT2D eigenvalue weighted by atomic mass is 35.5. The maximum Gasteiger partial charge on any atom is 0.319 e. The Morgan fingerprint density at radius 1 is 1.00 bits per heavy atom. The molecule has 0 radical (unpaired) electrons. The first-order valence-electron chi connectivity index (χ1n) is 10.5. The zero-order chi connectivity index (χ0) is 23.4. The molecule has 0 aromatic heterocycles. The molecule has 3 aromatic rings. The molecule has 1 aliphatic heterocycles. The normalized spacial score (nSPS) is 13.3. The summed E-state index contributed by atoms with van der Waals surface area (Å²) in [5.74, 6) is -0.0616. The van der Waals surface area contributed by atoms with Gasteiger partial charge < -0.3 is 16.0 Å². The summed E-state index contributed by atoms with van der Waals surface area (Å²) < 4.78 is 25.8. The van der Waals surface area contributed by atoms with Gasteiger partial charge in [-0.15, -0.1) is 0 Å². The number of nitrogens with one attached hydrogen (secondary N) is 2. The molecular formula is C24H24Cl2N3O3S+. The Kier molecular flexibility index (Phi) is 7.24. The van der Waals surface area contributed by atoms with Crippen LogP contribution in [0, 0.1) is 0 Å². The van der Waals surface area contributed by atoms with Crippen LogP contribution in [0.2, 0.25) is 10.0 Å². The van der Waals surface area contributed by atoms with Crippen molar-refractivity contribution in [2.45, 2.75) is 30.2 Å². The quantitative estimate of drug-likeness (QED) is 0.475. The second-order valence-electron chi connectivity index (χ2n) is 7.94. The Hall–Kier alpha value is -2.58. The number of benzene rings is 3. The number of rotatable bonds is 6. The first kappa shape index (κ1) is 23.6. The van der Waals surface area contributed by atoms with E-state index in [1.807, 2.05) is 18.2 Å². The van der Waals surface area contributed by atoms with Crippen molar-refractivity contribution in [3.05, 3.63) is 93.0 Å². The number of hydrogen-bond acceptors (Lipinski definition) is 3. The number of urea groups is 1. The second-order valence-corrected chi connectivity index (χ2v) is 10.7. The molecule has 0 fully saturated rings. The van der Waals surface area contributed by atoms with Crippen molar-refractivity contribution in [1.29, 1.82) is 0 Å². The topological polar surface area (TPSA) is 91.9 Å². The van der Waals surface area contributed by atoms with Gasteiger partial charge in [-0.1, -0.05) is 47.5 Å². The minimum atomic E-state index is -3.51. The number of amides is 2. The number of carbonyl (C=O) groups excluding carboxylic acids is 1. The van der Waals surface area contributed by atoms with Crippen molar-refractivity contribution in [1.82, 2.24) is 5.32 Å². The van der Waals surface area contributed by atoms with Crippen LogP contribution in [-0.2, 0) is 35.1 Å². The van der Waals surface area contributed by atoms with Crippen LogP contribution >= 0.6 is 23.2 Å². The van der Waals surface area contributed by atoms with Crippen LogP contribution in [-0.4, -0.2) is 21.0 Å². The third-order valence-electron chi connectivity index (χ3n) is 5.55. The second kappa shape index (κ2) is 10.1. The maximum absolute atomic E-state index is 12.9. The lowest BCUT2D eigenvalue weighted by Gasteiger charge is -2.15. The minimum absolute atomic E-state index is 0.0616. The predicted molar refractivity (Wildman–Crippen MR) is 130 cm³/mol. The maximum atomic E-state index is 12.9. The molecule has 3 aromatic carbocycles. The molecule has 0 spiro atoms. The van der Waals surface area contributed by atoms with Gasteiger partial charge in [-0.25, -0.2) is 13.2 Å². The van der Waals surface area contributed by atoms with Crippen molar-refractivity contribution in [2.24, 2.45) is 0 Å². The molecule has 0 aliphatic carbocycles. The molecule has 33 heavy (non-hydrogen) atoms. The molecule has 1 aliphatic rings. The van der Waals surface area contributed by atoms with Crippen molar-refractivity contribution in [2.75, 3.05) is 11.9 Å². The predicted octanol–water partition coefficient (Wildman–Crippen LogP) is 3.91. The molecular weight excluding hydrogens is 481 g/mol. The van der Waals surface area contributed by atoms with Gasteiger partial charge in [0, 0.05) is 24.2 Å². The van der Waals surface area contributed by atoms with Gasteiger partial charge in [0.2, 0.25) is 0 Å². The Labute approximate surface area is 203 Å². The van der Waals surface area contributed by atoms with Crippen LogP contribution in [0.3, 0.4) is 0 Å². The van der Waals surface area contributed by atoms with Crippen molar-refractivity contribution in [3.8, 4) is 0 Å². The van der Waals surface area contributed by atoms with Gasteiger partial charge in [0.1, 0.15) is 6.54 Å². The molecule has 6 nitrogen and oxygen atoms in total. The number of quaternary nitrogens is 1. The van der Waals surface area contributed by atoms with Gasteiger partial charge in [0.15, 0.2) is 9.84 Å². The van der Waals surface area contributed by atoms with E-state index in [2.05, 4.69) is 16.0 Å². The lowest BCUT2D eigenvalue weighted by molar-refractivity contribution is -0.673. The van der Waals surface area contributed by atoms with Crippen LogP contribution in [0.15, 0.2) is 65.6 Å². The van der Waals surface area contributed by atoms with E-state index in [-0.39, 0.29) is 17.2 Å². The van der Waals surface area contributed by atoms with Crippen LogP contribution in [0.25, 0.3) is 0 Å². The molecule has 2 amide bonds. The van der Waals surface area contributed by atoms with E-state index < -0.39 is 15.9 Å². The van der Waals surface area contributed by atoms with Gasteiger partial charge in [-0.2, -0.15) is 0 Å². The summed E-state index contributed by atoms with van der Waals surface area (Å²) in [5.41, 5.74) is 4.46. The first-order chi connectivity index (χ1) is 15.8. The zero-order valence-electron chi connectivity index (χ0n) is 17.8. The van der Waals surface area contributed by atoms with E-state index in [1.165, 1.54) is 23.3 Å². The van der Waals surface area contributed by atoms with Crippen LogP contribution in [0.1, 0.15) is 22.3 Å². The summed E-state index contributed by atoms with van der Waals surface area (Å²) in [6.45, 7) is 2.16. The Bertz CT molecular complexity index is 1280. The molecule has 0 saturated heterocycles. The van der Waals surface area contributed by atoms with E-state index in [9.17, 15) is 13.2 Å². The van der Waals surface area contributed by atoms with Crippen LogP contribution < -0.4 is 16.0 Å². The molecule has 4 N–H and O–H groups in total. The van der Waals surface area contributed by atoms with Crippen LogP contribution in [0.5, 0.6) is 0 Å². The van der Waals surface area contributed by atoms with Gasteiger partial charge in [-0.3, -0.25) is 0 Å². The number of fused-ring (bicyclic) bond motifs is 1. The molecule has 9 heteroatoms. The number of hydrogen-bond donors (Lipinski definition) is 3. The summed E-state index contributed by atoms with van der Waals surface area (Å²) >= 11 is 12.1. The number of nitrogens with two attached hydrogens (primary N) is 1. The van der Waals surface area contributed by atoms with Crippen molar-refractivity contribution < 1.29 is 18.5 Å². The van der Waals surface area contributed by atoms with E-state index in [4.69, 9.17) is 23.2 Å². The Balaban J connectivity index is 1.37. The third kappa shape index (κ3) is 5.86. The Morgan fingerprint density at radius 2 is 1.79 bits per heavy atom. The van der Waals surface area contributed by atoms with Gasteiger partial charge in [0.25, 0.3) is 0 Å². The molecule has 0 saturated carbocycles. The van der Waals surface area contributed by atoms with Gasteiger partial charge >= 0.3 is 6.03 Å². The minimum Gasteiger partial charge on any atom is -0.342 e. The van der Waals surface area contributed by atoms with Crippen molar-refractivity contribution >= 4 is 44.8 Å². The largest absolute Gasteiger partial charge is 0.342 e. The molecule has 1 heterocycles. The van der Waals surface area contributed by atoms with Crippen LogP contribution in [0.4, 0.5) is 10.5 Å². The fourth-order valence-corrected chi connectivity index (χ4v) is 5.52. The highest BCUT2D eigenvalue weighted by molar-refractivity contribution is 7.90. The smallest absolute Gasteiger partial charge is 0.319 e. The van der Waals surface area contributed by atoms with E-state index in [0.717, 1.165) is 25.1 Å². The first-order valence-corrected chi connectivity index (χ1v) is 13.0. The fraction of sp³-hybridized carbons (Fsp3) is 0.208. The number of carbonyl (C=O) groups is 1. The molecule has 172 valence electrons. The van der Waals surface area contributed by atoms with E-state index in [1.54, 1.807) is 30.3 Å². The average Bonchev–Trinajstić information content (AvgIpc) is 2.80. The highest BCUT2D eigenvalue weighted by Crippen LogP contribution is 2.25. The highest BCUT2D eigenvalue weighted by Gasteiger charge is 2.18. The Morgan fingerprint density at radius 3 is 2.58 bits per heavy atom. The summed E-state index contributed by atoms with van der Waals surface area (Å²) in [6, 6.07) is 16.8. The third-order valence-corrected chi connectivity index (χ3v) is 8.11. The molecule has 0 bridgehead atoms. The van der Waals surface area contributed by atoms with Gasteiger partial charge in [0.05, 0.1) is 27.2 Å². The number of sulfone groups is 1. The summed E-state index contributed by atoms with van der Waals surface area (Å²) in [5, 5.41) is 8.43. The van der Waals surface area contributed by atoms with E-state index in [0.29, 0.717) is 21.3 Å². The van der Waals surface area contributed by atoms with E-state index >= 15 is 0 Å². The monoisotopic (exact) mass is 504 g/mol. The van der Waals surface area contributed by atoms with Gasteiger partial charge in [-0.05, 0) is 53.1 Å². The lowest BCUT2D eigenvalue weighted by atomic mass is 9.99.